The lowest BCUT2D eigenvalue weighted by molar-refractivity contribution is -0.0494. The predicted molar refractivity (Wildman–Crippen MR) is 106 cm³/mol. The largest absolute Gasteiger partial charge is 0.302 e. The van der Waals surface area contributed by atoms with Gasteiger partial charge in [-0.1, -0.05) is 0 Å². The molecule has 4 aliphatic heterocycles. The van der Waals surface area contributed by atoms with Crippen molar-refractivity contribution < 1.29 is 8.78 Å². The first-order valence-electron chi connectivity index (χ1n) is 11.1. The molecule has 4 aliphatic rings. The summed E-state index contributed by atoms with van der Waals surface area (Å²) in [6.07, 6.45) is 4.09. The highest BCUT2D eigenvalue weighted by Gasteiger charge is 2.44. The molecule has 0 radical (unpaired) electrons. The molecule has 0 aliphatic carbocycles. The standard InChI is InChI=1S/C21H38F2N4/c1-15(2)27-9-6-19(26-13-17(23)14-26)11-21(27)20-10-18(5-7-24(20)3)25-8-4-16(22)12-25/h15-21H,4-14H2,1-3H3/t16-,18?,19?,20?,21?/m0/s1. The Morgan fingerprint density at radius 3 is 2.00 bits per heavy atom. The fraction of sp³-hybridized carbons (Fsp3) is 1.00. The van der Waals surface area contributed by atoms with Crippen molar-refractivity contribution in [2.75, 3.05) is 46.3 Å². The minimum Gasteiger partial charge on any atom is -0.302 e. The van der Waals surface area contributed by atoms with Crippen LogP contribution in [0.3, 0.4) is 0 Å². The molecule has 4 heterocycles. The smallest absolute Gasteiger partial charge is 0.125 e. The average molecular weight is 385 g/mol. The Labute approximate surface area is 163 Å². The van der Waals surface area contributed by atoms with Crippen LogP contribution in [0.5, 0.6) is 0 Å². The first-order chi connectivity index (χ1) is 12.9. The summed E-state index contributed by atoms with van der Waals surface area (Å²) in [6, 6.07) is 2.65. The van der Waals surface area contributed by atoms with Gasteiger partial charge in [0.05, 0.1) is 0 Å². The van der Waals surface area contributed by atoms with Crippen LogP contribution in [0.25, 0.3) is 0 Å². The van der Waals surface area contributed by atoms with Crippen molar-refractivity contribution in [3.63, 3.8) is 0 Å². The van der Waals surface area contributed by atoms with Gasteiger partial charge in [-0.2, -0.15) is 0 Å². The molecule has 156 valence electrons. The van der Waals surface area contributed by atoms with Gasteiger partial charge in [-0.25, -0.2) is 8.78 Å². The molecule has 6 heteroatoms. The Balaban J connectivity index is 1.46. The van der Waals surface area contributed by atoms with Crippen LogP contribution >= 0.6 is 0 Å². The Morgan fingerprint density at radius 2 is 1.37 bits per heavy atom. The van der Waals surface area contributed by atoms with Crippen molar-refractivity contribution in [1.82, 2.24) is 19.6 Å². The van der Waals surface area contributed by atoms with E-state index in [1.165, 1.54) is 0 Å². The maximum Gasteiger partial charge on any atom is 0.125 e. The van der Waals surface area contributed by atoms with Crippen LogP contribution in [-0.4, -0.2) is 108 Å². The van der Waals surface area contributed by atoms with Crippen LogP contribution in [0.2, 0.25) is 0 Å². The molecular weight excluding hydrogens is 346 g/mol. The number of likely N-dealkylation sites (tertiary alicyclic amines) is 4. The lowest BCUT2D eigenvalue weighted by atomic mass is 9.83. The second kappa shape index (κ2) is 8.21. The highest BCUT2D eigenvalue weighted by Crippen LogP contribution is 2.35. The van der Waals surface area contributed by atoms with E-state index < -0.39 is 12.3 Å². The second-order valence-electron chi connectivity index (χ2n) is 9.74. The molecule has 4 nitrogen and oxygen atoms in total. The molecule has 0 aromatic carbocycles. The van der Waals surface area contributed by atoms with Gasteiger partial charge < -0.3 is 4.90 Å². The summed E-state index contributed by atoms with van der Waals surface area (Å²) in [7, 11) is 2.27. The van der Waals surface area contributed by atoms with E-state index in [9.17, 15) is 8.78 Å². The number of likely N-dealkylation sites (N-methyl/N-ethyl adjacent to an activating group) is 1. The molecule has 0 amide bonds. The van der Waals surface area contributed by atoms with Crippen molar-refractivity contribution in [3.05, 3.63) is 0 Å². The molecule has 0 aromatic heterocycles. The van der Waals surface area contributed by atoms with Crippen LogP contribution in [0, 0.1) is 0 Å². The monoisotopic (exact) mass is 384 g/mol. The number of piperidine rings is 2. The fourth-order valence-electron chi connectivity index (χ4n) is 6.05. The minimum atomic E-state index is -0.630. The van der Waals surface area contributed by atoms with E-state index >= 15 is 0 Å². The zero-order chi connectivity index (χ0) is 19.1. The lowest BCUT2D eigenvalue weighted by Gasteiger charge is -2.54. The number of alkyl halides is 2. The first-order valence-corrected chi connectivity index (χ1v) is 11.1. The van der Waals surface area contributed by atoms with Gasteiger partial charge in [0.1, 0.15) is 12.3 Å². The van der Waals surface area contributed by atoms with E-state index in [0.29, 0.717) is 56.3 Å². The lowest BCUT2D eigenvalue weighted by Crippen LogP contribution is -2.64. The highest BCUT2D eigenvalue weighted by atomic mass is 19.1. The van der Waals surface area contributed by atoms with Gasteiger partial charge >= 0.3 is 0 Å². The van der Waals surface area contributed by atoms with E-state index in [-0.39, 0.29) is 0 Å². The third-order valence-electron chi connectivity index (χ3n) is 7.72. The highest BCUT2D eigenvalue weighted by molar-refractivity contribution is 5.01. The molecule has 5 atom stereocenters. The maximum absolute atomic E-state index is 13.7. The molecular formula is C21H38F2N4. The predicted octanol–water partition coefficient (Wildman–Crippen LogP) is 2.39. The van der Waals surface area contributed by atoms with Crippen LogP contribution in [-0.2, 0) is 0 Å². The molecule has 0 N–H and O–H groups in total. The zero-order valence-electron chi connectivity index (χ0n) is 17.4. The molecule has 0 aromatic rings. The molecule has 0 spiro atoms. The van der Waals surface area contributed by atoms with E-state index in [0.717, 1.165) is 45.3 Å². The zero-order valence-corrected chi connectivity index (χ0v) is 17.4. The number of rotatable bonds is 4. The van der Waals surface area contributed by atoms with Gasteiger partial charge in [-0.05, 0) is 59.5 Å². The molecule has 4 rings (SSSR count). The van der Waals surface area contributed by atoms with Crippen molar-refractivity contribution >= 4 is 0 Å². The average Bonchev–Trinajstić information content (AvgIpc) is 3.05. The van der Waals surface area contributed by atoms with Crippen molar-refractivity contribution in [3.8, 4) is 0 Å². The summed E-state index contributed by atoms with van der Waals surface area (Å²) in [6.45, 7) is 9.66. The number of halogens is 2. The first kappa shape index (κ1) is 20.0. The van der Waals surface area contributed by atoms with Crippen molar-refractivity contribution in [2.45, 2.75) is 88.5 Å². The van der Waals surface area contributed by atoms with E-state index in [1.54, 1.807) is 0 Å². The Hall–Kier alpha value is -0.300. The van der Waals surface area contributed by atoms with Gasteiger partial charge in [0.15, 0.2) is 0 Å². The summed E-state index contributed by atoms with van der Waals surface area (Å²) < 4.78 is 27.1. The molecule has 27 heavy (non-hydrogen) atoms. The quantitative estimate of drug-likeness (QED) is 0.738. The summed E-state index contributed by atoms with van der Waals surface area (Å²) in [5.41, 5.74) is 0. The van der Waals surface area contributed by atoms with Crippen molar-refractivity contribution in [1.29, 1.82) is 0 Å². The third-order valence-corrected chi connectivity index (χ3v) is 7.72. The minimum absolute atomic E-state index is 0.523. The van der Waals surface area contributed by atoms with Gasteiger partial charge in [0.2, 0.25) is 0 Å². The van der Waals surface area contributed by atoms with Crippen molar-refractivity contribution in [2.24, 2.45) is 0 Å². The molecule has 4 unspecified atom stereocenters. The number of hydrogen-bond donors (Lipinski definition) is 0. The Kier molecular flexibility index (Phi) is 6.08. The second-order valence-corrected chi connectivity index (χ2v) is 9.74. The normalized spacial score (nSPS) is 41.3. The molecule has 0 saturated carbocycles. The van der Waals surface area contributed by atoms with Crippen LogP contribution < -0.4 is 0 Å². The van der Waals surface area contributed by atoms with E-state index in [4.69, 9.17) is 0 Å². The summed E-state index contributed by atoms with van der Waals surface area (Å²) in [5.74, 6) is 0. The topological polar surface area (TPSA) is 13.0 Å². The molecule has 4 saturated heterocycles. The van der Waals surface area contributed by atoms with Crippen LogP contribution in [0.1, 0.15) is 46.0 Å². The van der Waals surface area contributed by atoms with Gasteiger partial charge in [-0.15, -0.1) is 0 Å². The number of nitrogens with zero attached hydrogens (tertiary/aromatic N) is 4. The Bertz CT molecular complexity index is 499. The van der Waals surface area contributed by atoms with Gasteiger partial charge in [0.25, 0.3) is 0 Å². The Morgan fingerprint density at radius 1 is 0.741 bits per heavy atom. The van der Waals surface area contributed by atoms with Crippen LogP contribution in [0.15, 0.2) is 0 Å². The fourth-order valence-corrected chi connectivity index (χ4v) is 6.05. The number of hydrogen-bond acceptors (Lipinski definition) is 4. The maximum atomic E-state index is 13.7. The molecule has 0 bridgehead atoms. The summed E-state index contributed by atoms with van der Waals surface area (Å²) >= 11 is 0. The third kappa shape index (κ3) is 4.19. The summed E-state index contributed by atoms with van der Waals surface area (Å²) in [5, 5.41) is 0. The molecule has 4 fully saturated rings. The van der Waals surface area contributed by atoms with E-state index in [1.807, 2.05) is 0 Å². The van der Waals surface area contributed by atoms with Gasteiger partial charge in [0, 0.05) is 62.9 Å². The summed E-state index contributed by atoms with van der Waals surface area (Å²) in [4.78, 5) is 10.0. The van der Waals surface area contributed by atoms with Crippen LogP contribution in [0.4, 0.5) is 8.78 Å². The van der Waals surface area contributed by atoms with Gasteiger partial charge in [-0.3, -0.25) is 14.7 Å². The SMILES string of the molecule is CC(C)N1CCC(N2CC(F)C2)CC1C1CC(N2CC[C@H](F)C2)CCN1C. The van der Waals surface area contributed by atoms with E-state index in [2.05, 4.69) is 40.5 Å².